The molecule has 2 aromatic carbocycles. The van der Waals surface area contributed by atoms with Gasteiger partial charge in [0, 0.05) is 0 Å². The summed E-state index contributed by atoms with van der Waals surface area (Å²) in [6, 6.07) is 11.3. The van der Waals surface area contributed by atoms with Crippen LogP contribution in [0, 0.1) is 0 Å². The number of nitrogens with zero attached hydrogens (tertiary/aromatic N) is 2. The average molecular weight is 463 g/mol. The van der Waals surface area contributed by atoms with Gasteiger partial charge in [0.05, 0.1) is 40.1 Å². The van der Waals surface area contributed by atoms with E-state index in [1.807, 2.05) is 6.92 Å². The van der Waals surface area contributed by atoms with Gasteiger partial charge < -0.3 is 14.0 Å². The number of methoxy groups -OCH3 is 1. The topological polar surface area (TPSA) is 104 Å². The number of esters is 1. The first-order valence-electron chi connectivity index (χ1n) is 9.54. The molecule has 0 aliphatic heterocycles. The summed E-state index contributed by atoms with van der Waals surface area (Å²) in [5.74, 6) is -0.694. The normalized spacial score (nSPS) is 12.2. The third kappa shape index (κ3) is 4.86. The number of fused-ring (bicyclic) bond motifs is 1. The predicted octanol–water partition coefficient (Wildman–Crippen LogP) is 2.81. The Morgan fingerprint density at radius 1 is 1.13 bits per heavy atom. The van der Waals surface area contributed by atoms with Crippen LogP contribution >= 0.6 is 11.3 Å². The molecule has 1 amide bonds. The van der Waals surface area contributed by atoms with Crippen molar-refractivity contribution < 1.29 is 27.5 Å². The Morgan fingerprint density at radius 3 is 2.55 bits per heavy atom. The summed E-state index contributed by atoms with van der Waals surface area (Å²) in [6.45, 7) is 3.74. The molecule has 3 aromatic rings. The van der Waals surface area contributed by atoms with E-state index in [-0.39, 0.29) is 27.6 Å². The zero-order chi connectivity index (χ0) is 22.6. The fraction of sp³-hybridized carbons (Fsp3) is 0.286. The maximum absolute atomic E-state index is 13.0. The Hall–Kier alpha value is -2.98. The molecule has 0 saturated carbocycles. The van der Waals surface area contributed by atoms with Crippen molar-refractivity contribution in [1.82, 2.24) is 4.57 Å². The second-order valence-electron chi connectivity index (χ2n) is 6.43. The molecular weight excluding hydrogens is 440 g/mol. The summed E-state index contributed by atoms with van der Waals surface area (Å²) in [4.78, 5) is 29.3. The maximum Gasteiger partial charge on any atom is 0.325 e. The number of thiazole rings is 1. The number of carbonyl (C=O) groups is 2. The molecule has 0 radical (unpaired) electrons. The van der Waals surface area contributed by atoms with E-state index in [2.05, 4.69) is 4.99 Å². The Morgan fingerprint density at radius 2 is 1.87 bits per heavy atom. The van der Waals surface area contributed by atoms with Crippen LogP contribution in [0.2, 0.25) is 0 Å². The quantitative estimate of drug-likeness (QED) is 0.500. The molecular formula is C21H22N2O6S2. The van der Waals surface area contributed by atoms with Crippen molar-refractivity contribution in [1.29, 1.82) is 0 Å². The molecule has 0 unspecified atom stereocenters. The lowest BCUT2D eigenvalue weighted by atomic mass is 10.2. The minimum absolute atomic E-state index is 0.0126. The number of sulfone groups is 1. The summed E-state index contributed by atoms with van der Waals surface area (Å²) in [5, 5.41) is 0. The standard InChI is InChI=1S/C21H22N2O6S2/c1-4-29-14-10-11-16-17(12-14)30-21(23(16)13-19(24)28-3)22-20(25)15-8-6-7-9-18(15)31(26,27)5-2/h6-12H,4-5,13H2,1-3H3. The van der Waals surface area contributed by atoms with Crippen LogP contribution in [-0.4, -0.2) is 44.3 Å². The van der Waals surface area contributed by atoms with Gasteiger partial charge in [0.2, 0.25) is 0 Å². The lowest BCUT2D eigenvalue weighted by Crippen LogP contribution is -2.22. The Bertz CT molecular complexity index is 1300. The van der Waals surface area contributed by atoms with Crippen LogP contribution in [-0.2, 0) is 25.9 Å². The fourth-order valence-corrected chi connectivity index (χ4v) is 5.10. The highest BCUT2D eigenvalue weighted by Gasteiger charge is 2.21. The summed E-state index contributed by atoms with van der Waals surface area (Å²) < 4.78 is 37.4. The van der Waals surface area contributed by atoms with Crippen molar-refractivity contribution in [2.45, 2.75) is 25.3 Å². The van der Waals surface area contributed by atoms with E-state index in [9.17, 15) is 18.0 Å². The molecule has 0 aliphatic rings. The molecule has 0 spiro atoms. The van der Waals surface area contributed by atoms with Gasteiger partial charge in [0.15, 0.2) is 14.6 Å². The zero-order valence-electron chi connectivity index (χ0n) is 17.3. The SMILES string of the molecule is CCOc1ccc2c(c1)sc(=NC(=O)c1ccccc1S(=O)(=O)CC)n2CC(=O)OC. The molecule has 3 rings (SSSR count). The van der Waals surface area contributed by atoms with Crippen LogP contribution in [0.5, 0.6) is 5.75 Å². The number of hydrogen-bond acceptors (Lipinski definition) is 7. The van der Waals surface area contributed by atoms with E-state index >= 15 is 0 Å². The molecule has 0 N–H and O–H groups in total. The van der Waals surface area contributed by atoms with Crippen LogP contribution < -0.4 is 9.54 Å². The number of rotatable bonds is 7. The minimum atomic E-state index is -3.61. The van der Waals surface area contributed by atoms with Crippen LogP contribution in [0.3, 0.4) is 0 Å². The molecule has 31 heavy (non-hydrogen) atoms. The number of aromatic nitrogens is 1. The number of hydrogen-bond donors (Lipinski definition) is 0. The van der Waals surface area contributed by atoms with Crippen LogP contribution in [0.4, 0.5) is 0 Å². The lowest BCUT2D eigenvalue weighted by molar-refractivity contribution is -0.141. The Labute approximate surface area is 183 Å². The molecule has 1 heterocycles. The highest BCUT2D eigenvalue weighted by atomic mass is 32.2. The zero-order valence-corrected chi connectivity index (χ0v) is 19.0. The fourth-order valence-electron chi connectivity index (χ4n) is 2.96. The molecule has 10 heteroatoms. The number of ether oxygens (including phenoxy) is 2. The molecule has 8 nitrogen and oxygen atoms in total. The molecule has 164 valence electrons. The van der Waals surface area contributed by atoms with Crippen molar-refractivity contribution in [2.24, 2.45) is 4.99 Å². The van der Waals surface area contributed by atoms with E-state index in [0.717, 1.165) is 4.70 Å². The van der Waals surface area contributed by atoms with Crippen LogP contribution in [0.1, 0.15) is 24.2 Å². The Kier molecular flexibility index (Phi) is 6.91. The van der Waals surface area contributed by atoms with E-state index < -0.39 is 21.7 Å². The first-order chi connectivity index (χ1) is 14.8. The summed E-state index contributed by atoms with van der Waals surface area (Å²) in [6.07, 6.45) is 0. The summed E-state index contributed by atoms with van der Waals surface area (Å²) in [5.41, 5.74) is 0.668. The highest BCUT2D eigenvalue weighted by Crippen LogP contribution is 2.24. The van der Waals surface area contributed by atoms with Crippen molar-refractivity contribution in [3.63, 3.8) is 0 Å². The second kappa shape index (κ2) is 9.44. The highest BCUT2D eigenvalue weighted by molar-refractivity contribution is 7.91. The van der Waals surface area contributed by atoms with Crippen molar-refractivity contribution >= 4 is 43.3 Å². The van der Waals surface area contributed by atoms with Gasteiger partial charge in [-0.1, -0.05) is 30.4 Å². The van der Waals surface area contributed by atoms with Gasteiger partial charge in [-0.25, -0.2) is 8.42 Å². The largest absolute Gasteiger partial charge is 0.494 e. The van der Waals surface area contributed by atoms with Crippen LogP contribution in [0.25, 0.3) is 10.2 Å². The smallest absolute Gasteiger partial charge is 0.325 e. The molecule has 1 aromatic heterocycles. The maximum atomic E-state index is 13.0. The van der Waals surface area contributed by atoms with Crippen LogP contribution in [0.15, 0.2) is 52.4 Å². The predicted molar refractivity (Wildman–Crippen MR) is 117 cm³/mol. The van der Waals surface area contributed by atoms with Gasteiger partial charge in [0.25, 0.3) is 5.91 Å². The van der Waals surface area contributed by atoms with E-state index in [1.165, 1.54) is 37.5 Å². The molecule has 0 saturated heterocycles. The molecule has 0 aliphatic carbocycles. The second-order valence-corrected chi connectivity index (χ2v) is 9.68. The third-order valence-corrected chi connectivity index (χ3v) is 7.34. The third-order valence-electron chi connectivity index (χ3n) is 4.51. The molecule has 0 fully saturated rings. The number of carbonyl (C=O) groups excluding carboxylic acids is 2. The first-order valence-corrected chi connectivity index (χ1v) is 12.0. The number of amides is 1. The van der Waals surface area contributed by atoms with E-state index in [1.54, 1.807) is 34.9 Å². The van der Waals surface area contributed by atoms with E-state index in [4.69, 9.17) is 9.47 Å². The first kappa shape index (κ1) is 22.7. The average Bonchev–Trinajstić information content (AvgIpc) is 3.09. The Balaban J connectivity index is 2.18. The molecule has 0 atom stereocenters. The number of benzene rings is 2. The van der Waals surface area contributed by atoms with Gasteiger partial charge in [-0.3, -0.25) is 9.59 Å². The summed E-state index contributed by atoms with van der Waals surface area (Å²) >= 11 is 1.20. The van der Waals surface area contributed by atoms with Gasteiger partial charge in [-0.05, 0) is 37.3 Å². The van der Waals surface area contributed by atoms with Crippen molar-refractivity contribution in [3.8, 4) is 5.75 Å². The van der Waals surface area contributed by atoms with E-state index in [0.29, 0.717) is 17.9 Å². The van der Waals surface area contributed by atoms with Gasteiger partial charge in [-0.2, -0.15) is 4.99 Å². The molecule has 0 bridgehead atoms. The van der Waals surface area contributed by atoms with Gasteiger partial charge in [0.1, 0.15) is 12.3 Å². The van der Waals surface area contributed by atoms with Gasteiger partial charge in [-0.15, -0.1) is 0 Å². The summed E-state index contributed by atoms with van der Waals surface area (Å²) in [7, 11) is -2.33. The van der Waals surface area contributed by atoms with Crippen molar-refractivity contribution in [2.75, 3.05) is 19.5 Å². The lowest BCUT2D eigenvalue weighted by Gasteiger charge is -2.07. The monoisotopic (exact) mass is 462 g/mol. The minimum Gasteiger partial charge on any atom is -0.494 e. The van der Waals surface area contributed by atoms with Crippen molar-refractivity contribution in [3.05, 3.63) is 52.8 Å². The van der Waals surface area contributed by atoms with Gasteiger partial charge >= 0.3 is 5.97 Å².